The summed E-state index contributed by atoms with van der Waals surface area (Å²) in [6.07, 6.45) is 3.17. The van der Waals surface area contributed by atoms with Crippen molar-refractivity contribution in [1.82, 2.24) is 0 Å². The molecule has 1 heterocycles. The molecule has 90 valence electrons. The fraction of sp³-hybridized carbons (Fsp3) is 0.462. The van der Waals surface area contributed by atoms with E-state index in [1.807, 2.05) is 18.2 Å². The first kappa shape index (κ1) is 12.4. The Hall–Kier alpha value is -1.05. The van der Waals surface area contributed by atoms with Crippen molar-refractivity contribution in [2.45, 2.75) is 25.3 Å². The number of nitrogens with one attached hydrogen (secondary N) is 1. The fourth-order valence-corrected chi connectivity index (χ4v) is 2.36. The van der Waals surface area contributed by atoms with Gasteiger partial charge in [-0.2, -0.15) is 5.26 Å². The van der Waals surface area contributed by atoms with Gasteiger partial charge in [0.25, 0.3) is 0 Å². The summed E-state index contributed by atoms with van der Waals surface area (Å²) in [5, 5.41) is 12.5. The lowest BCUT2D eigenvalue weighted by Crippen LogP contribution is -2.20. The fourth-order valence-electron chi connectivity index (χ4n) is 2.00. The predicted octanol–water partition coefficient (Wildman–Crippen LogP) is 3.30. The Morgan fingerprint density at radius 1 is 1.35 bits per heavy atom. The number of nitrogens with zero attached hydrogens (tertiary/aromatic N) is 1. The summed E-state index contributed by atoms with van der Waals surface area (Å²) >= 11 is 3.43. The van der Waals surface area contributed by atoms with Crippen molar-refractivity contribution in [3.05, 3.63) is 28.2 Å². The molecular weight excluding hydrogens is 280 g/mol. The molecule has 2 rings (SSSR count). The first-order valence-electron chi connectivity index (χ1n) is 5.83. The van der Waals surface area contributed by atoms with Gasteiger partial charge in [-0.1, -0.05) is 15.9 Å². The SMILES string of the molecule is N#Cc1ccc(Br)cc1NC1CCCOCC1. The van der Waals surface area contributed by atoms with Crippen LogP contribution in [0.3, 0.4) is 0 Å². The highest BCUT2D eigenvalue weighted by Gasteiger charge is 2.13. The number of nitriles is 1. The Morgan fingerprint density at radius 2 is 2.24 bits per heavy atom. The molecule has 0 spiro atoms. The molecule has 0 saturated carbocycles. The molecule has 1 saturated heterocycles. The molecule has 1 aromatic carbocycles. The summed E-state index contributed by atoms with van der Waals surface area (Å²) in [5.41, 5.74) is 1.60. The van der Waals surface area contributed by atoms with Crippen LogP contribution >= 0.6 is 15.9 Å². The normalized spacial score (nSPS) is 20.4. The second-order valence-electron chi connectivity index (χ2n) is 4.19. The van der Waals surface area contributed by atoms with E-state index in [2.05, 4.69) is 27.3 Å². The number of hydrogen-bond acceptors (Lipinski definition) is 3. The third kappa shape index (κ3) is 3.45. The zero-order valence-electron chi connectivity index (χ0n) is 9.58. The smallest absolute Gasteiger partial charge is 0.101 e. The molecule has 1 atom stereocenters. The maximum absolute atomic E-state index is 9.06. The van der Waals surface area contributed by atoms with E-state index in [0.717, 1.165) is 42.6 Å². The Bertz CT molecular complexity index is 420. The second-order valence-corrected chi connectivity index (χ2v) is 5.10. The van der Waals surface area contributed by atoms with E-state index < -0.39 is 0 Å². The summed E-state index contributed by atoms with van der Waals surface area (Å²) in [6, 6.07) is 8.30. The largest absolute Gasteiger partial charge is 0.381 e. The van der Waals surface area contributed by atoms with E-state index in [0.29, 0.717) is 11.6 Å². The molecule has 4 heteroatoms. The van der Waals surface area contributed by atoms with Crippen LogP contribution in [0.2, 0.25) is 0 Å². The molecular formula is C13H15BrN2O. The first-order valence-corrected chi connectivity index (χ1v) is 6.63. The van der Waals surface area contributed by atoms with Crippen LogP contribution in [0.15, 0.2) is 22.7 Å². The molecule has 0 radical (unpaired) electrons. The molecule has 1 aromatic rings. The van der Waals surface area contributed by atoms with Crippen LogP contribution in [0.5, 0.6) is 0 Å². The molecule has 0 bridgehead atoms. The Morgan fingerprint density at radius 3 is 3.06 bits per heavy atom. The zero-order valence-corrected chi connectivity index (χ0v) is 11.2. The van der Waals surface area contributed by atoms with Gasteiger partial charge in [-0.3, -0.25) is 0 Å². The van der Waals surface area contributed by atoms with Crippen LogP contribution in [-0.2, 0) is 4.74 Å². The molecule has 1 unspecified atom stereocenters. The van der Waals surface area contributed by atoms with Gasteiger partial charge in [0.05, 0.1) is 11.3 Å². The Balaban J connectivity index is 2.11. The van der Waals surface area contributed by atoms with Gasteiger partial charge in [0.2, 0.25) is 0 Å². The number of hydrogen-bond donors (Lipinski definition) is 1. The highest BCUT2D eigenvalue weighted by Crippen LogP contribution is 2.23. The van der Waals surface area contributed by atoms with Crippen molar-refractivity contribution in [3.63, 3.8) is 0 Å². The van der Waals surface area contributed by atoms with E-state index in [1.54, 1.807) is 0 Å². The molecule has 1 aliphatic rings. The molecule has 17 heavy (non-hydrogen) atoms. The Labute approximate surface area is 110 Å². The van der Waals surface area contributed by atoms with E-state index in [9.17, 15) is 0 Å². The number of anilines is 1. The third-order valence-electron chi connectivity index (χ3n) is 2.91. The maximum Gasteiger partial charge on any atom is 0.101 e. The number of rotatable bonds is 2. The molecule has 1 fully saturated rings. The minimum Gasteiger partial charge on any atom is -0.381 e. The van der Waals surface area contributed by atoms with Gasteiger partial charge in [-0.25, -0.2) is 0 Å². The average molecular weight is 295 g/mol. The van der Waals surface area contributed by atoms with E-state index in [4.69, 9.17) is 10.00 Å². The summed E-state index contributed by atoms with van der Waals surface area (Å²) in [6.45, 7) is 1.65. The highest BCUT2D eigenvalue weighted by atomic mass is 79.9. The lowest BCUT2D eigenvalue weighted by molar-refractivity contribution is 0.144. The van der Waals surface area contributed by atoms with Crippen LogP contribution in [0, 0.1) is 11.3 Å². The van der Waals surface area contributed by atoms with Gasteiger partial charge in [0.15, 0.2) is 0 Å². The zero-order chi connectivity index (χ0) is 12.1. The van der Waals surface area contributed by atoms with Crippen molar-refractivity contribution in [2.75, 3.05) is 18.5 Å². The standard InChI is InChI=1S/C13H15BrN2O/c14-11-4-3-10(9-15)13(8-11)16-12-2-1-6-17-7-5-12/h3-4,8,12,16H,1-2,5-7H2. The van der Waals surface area contributed by atoms with Crippen molar-refractivity contribution >= 4 is 21.6 Å². The van der Waals surface area contributed by atoms with Crippen molar-refractivity contribution < 1.29 is 4.74 Å². The van der Waals surface area contributed by atoms with Crippen molar-refractivity contribution in [1.29, 1.82) is 5.26 Å². The highest BCUT2D eigenvalue weighted by molar-refractivity contribution is 9.10. The quantitative estimate of drug-likeness (QED) is 0.910. The lowest BCUT2D eigenvalue weighted by Gasteiger charge is -2.18. The molecule has 1 aliphatic heterocycles. The second kappa shape index (κ2) is 6.04. The maximum atomic E-state index is 9.06. The predicted molar refractivity (Wildman–Crippen MR) is 70.9 cm³/mol. The minimum atomic E-state index is 0.402. The average Bonchev–Trinajstić information content (AvgIpc) is 2.58. The van der Waals surface area contributed by atoms with Gasteiger partial charge < -0.3 is 10.1 Å². The van der Waals surface area contributed by atoms with Crippen LogP contribution < -0.4 is 5.32 Å². The molecule has 0 aliphatic carbocycles. The number of benzene rings is 1. The van der Waals surface area contributed by atoms with Crippen molar-refractivity contribution in [3.8, 4) is 6.07 Å². The van der Waals surface area contributed by atoms with Crippen LogP contribution in [-0.4, -0.2) is 19.3 Å². The van der Waals surface area contributed by atoms with E-state index in [1.165, 1.54) is 0 Å². The van der Waals surface area contributed by atoms with Gasteiger partial charge in [0, 0.05) is 23.7 Å². The number of ether oxygens (including phenoxy) is 1. The van der Waals surface area contributed by atoms with Gasteiger partial charge in [-0.05, 0) is 37.5 Å². The molecule has 3 nitrogen and oxygen atoms in total. The third-order valence-corrected chi connectivity index (χ3v) is 3.41. The van der Waals surface area contributed by atoms with Gasteiger partial charge in [-0.15, -0.1) is 0 Å². The summed E-state index contributed by atoms with van der Waals surface area (Å²) in [4.78, 5) is 0. The molecule has 0 amide bonds. The van der Waals surface area contributed by atoms with Crippen molar-refractivity contribution in [2.24, 2.45) is 0 Å². The van der Waals surface area contributed by atoms with Crippen LogP contribution in [0.4, 0.5) is 5.69 Å². The van der Waals surface area contributed by atoms with Gasteiger partial charge in [0.1, 0.15) is 6.07 Å². The lowest BCUT2D eigenvalue weighted by atomic mass is 10.1. The van der Waals surface area contributed by atoms with Gasteiger partial charge >= 0.3 is 0 Å². The molecule has 0 aromatic heterocycles. The summed E-state index contributed by atoms with van der Waals surface area (Å²) in [7, 11) is 0. The van der Waals surface area contributed by atoms with Crippen LogP contribution in [0.1, 0.15) is 24.8 Å². The van der Waals surface area contributed by atoms with E-state index in [-0.39, 0.29) is 0 Å². The summed E-state index contributed by atoms with van der Waals surface area (Å²) < 4.78 is 6.42. The first-order chi connectivity index (χ1) is 8.29. The minimum absolute atomic E-state index is 0.402. The van der Waals surface area contributed by atoms with Crippen LogP contribution in [0.25, 0.3) is 0 Å². The number of halogens is 1. The van der Waals surface area contributed by atoms with E-state index >= 15 is 0 Å². The monoisotopic (exact) mass is 294 g/mol. The molecule has 1 N–H and O–H groups in total. The topological polar surface area (TPSA) is 45.0 Å². The summed E-state index contributed by atoms with van der Waals surface area (Å²) in [5.74, 6) is 0. The Kier molecular flexibility index (Phi) is 4.41.